The average Bonchev–Trinajstić information content (AvgIpc) is 3.03. The normalized spacial score (nSPS) is 12.0. The second-order valence-corrected chi connectivity index (χ2v) is 14.1. The van der Waals surface area contributed by atoms with Gasteiger partial charge in [0.05, 0.1) is 20.6 Å². The lowest BCUT2D eigenvalue weighted by Gasteiger charge is -2.34. The first-order valence-electron chi connectivity index (χ1n) is 14.5. The molecular formula is C34H33Cl4N3O4S. The molecule has 0 heterocycles. The summed E-state index contributed by atoms with van der Waals surface area (Å²) >= 11 is 25.6. The van der Waals surface area contributed by atoms with Gasteiger partial charge in [-0.25, -0.2) is 8.42 Å². The van der Waals surface area contributed by atoms with Gasteiger partial charge >= 0.3 is 0 Å². The average molecular weight is 722 g/mol. The highest BCUT2D eigenvalue weighted by Gasteiger charge is 2.35. The molecule has 7 nitrogen and oxygen atoms in total. The zero-order valence-electron chi connectivity index (χ0n) is 25.2. The first-order valence-corrected chi connectivity index (χ1v) is 17.5. The number of hydrogen-bond acceptors (Lipinski definition) is 4. The van der Waals surface area contributed by atoms with Crippen LogP contribution >= 0.6 is 46.4 Å². The zero-order chi connectivity index (χ0) is 33.4. The number of nitrogens with one attached hydrogen (secondary N) is 1. The number of benzene rings is 4. The molecule has 0 fully saturated rings. The van der Waals surface area contributed by atoms with Crippen molar-refractivity contribution in [1.82, 2.24) is 10.2 Å². The van der Waals surface area contributed by atoms with Crippen LogP contribution in [0.25, 0.3) is 0 Å². The van der Waals surface area contributed by atoms with Crippen molar-refractivity contribution in [2.45, 2.75) is 44.2 Å². The number of carbonyl (C=O) groups is 2. The van der Waals surface area contributed by atoms with Crippen LogP contribution in [0, 0.1) is 6.92 Å². The Kier molecular flexibility index (Phi) is 12.4. The lowest BCUT2D eigenvalue weighted by Crippen LogP contribution is -2.53. The summed E-state index contributed by atoms with van der Waals surface area (Å²) in [6.07, 6.45) is 0.829. The van der Waals surface area contributed by atoms with Gasteiger partial charge in [0, 0.05) is 35.1 Å². The molecule has 0 saturated carbocycles. The molecule has 4 aromatic carbocycles. The van der Waals surface area contributed by atoms with Crippen molar-refractivity contribution in [3.8, 4) is 0 Å². The first-order chi connectivity index (χ1) is 21.9. The Morgan fingerprint density at radius 1 is 0.804 bits per heavy atom. The number of hydrogen-bond donors (Lipinski definition) is 1. The van der Waals surface area contributed by atoms with Crippen LogP contribution in [0.3, 0.4) is 0 Å². The lowest BCUT2D eigenvalue weighted by atomic mass is 10.0. The maximum absolute atomic E-state index is 14.5. The molecule has 0 radical (unpaired) electrons. The van der Waals surface area contributed by atoms with E-state index in [9.17, 15) is 18.0 Å². The molecule has 0 aliphatic rings. The molecule has 0 saturated heterocycles. The monoisotopic (exact) mass is 719 g/mol. The van der Waals surface area contributed by atoms with Gasteiger partial charge in [0.15, 0.2) is 0 Å². The van der Waals surface area contributed by atoms with Gasteiger partial charge in [0.2, 0.25) is 11.8 Å². The third-order valence-electron chi connectivity index (χ3n) is 7.29. The standard InChI is InChI=1S/C34H33Cl4N3O4S/c1-3-18-39-34(43)32(19-24-8-5-4-6-9-24)40(21-27-28(35)10-7-11-29(27)36)33(42)22-41(25-14-17-30(37)31(38)20-25)46(44,45)26-15-12-23(2)13-16-26/h4-17,20,32H,3,18-19,21-22H2,1-2H3,(H,39,43)/t32-/m0/s1. The van der Waals surface area contributed by atoms with Gasteiger partial charge in [0.1, 0.15) is 12.6 Å². The Hall–Kier alpha value is -3.27. The second kappa shape index (κ2) is 16.0. The van der Waals surface area contributed by atoms with Crippen LogP contribution in [0.1, 0.15) is 30.0 Å². The van der Waals surface area contributed by atoms with Crippen molar-refractivity contribution in [1.29, 1.82) is 0 Å². The van der Waals surface area contributed by atoms with E-state index in [1.54, 1.807) is 30.3 Å². The van der Waals surface area contributed by atoms with Crippen molar-refractivity contribution in [3.63, 3.8) is 0 Å². The van der Waals surface area contributed by atoms with Crippen molar-refractivity contribution in [2.24, 2.45) is 0 Å². The third-order valence-corrected chi connectivity index (χ3v) is 10.5. The number of carbonyl (C=O) groups excluding carboxylic acids is 2. The van der Waals surface area contributed by atoms with Gasteiger partial charge in [-0.15, -0.1) is 0 Å². The van der Waals surface area contributed by atoms with E-state index in [1.165, 1.54) is 35.2 Å². The molecule has 0 spiro atoms. The fraction of sp³-hybridized carbons (Fsp3) is 0.235. The van der Waals surface area contributed by atoms with E-state index in [2.05, 4.69) is 5.32 Å². The van der Waals surface area contributed by atoms with Crippen LogP contribution in [0.5, 0.6) is 0 Å². The van der Waals surface area contributed by atoms with Crippen LogP contribution in [0.15, 0.2) is 95.9 Å². The summed E-state index contributed by atoms with van der Waals surface area (Å²) in [6.45, 7) is 3.32. The van der Waals surface area contributed by atoms with Crippen molar-refractivity contribution >= 4 is 73.9 Å². The van der Waals surface area contributed by atoms with E-state index in [-0.39, 0.29) is 33.6 Å². The number of sulfonamides is 1. The number of amides is 2. The van der Waals surface area contributed by atoms with E-state index in [0.29, 0.717) is 28.6 Å². The predicted octanol–water partition coefficient (Wildman–Crippen LogP) is 7.97. The van der Waals surface area contributed by atoms with Gasteiger partial charge in [-0.05, 0) is 61.4 Å². The summed E-state index contributed by atoms with van der Waals surface area (Å²) in [5, 5.41) is 3.82. The highest BCUT2D eigenvalue weighted by molar-refractivity contribution is 7.92. The molecular weight excluding hydrogens is 688 g/mol. The molecule has 46 heavy (non-hydrogen) atoms. The van der Waals surface area contributed by atoms with Gasteiger partial charge in [-0.3, -0.25) is 13.9 Å². The molecule has 0 aromatic heterocycles. The van der Waals surface area contributed by atoms with Crippen LogP contribution in [-0.2, 0) is 32.6 Å². The summed E-state index contributed by atoms with van der Waals surface area (Å²) in [7, 11) is -4.31. The lowest BCUT2D eigenvalue weighted by molar-refractivity contribution is -0.140. The maximum Gasteiger partial charge on any atom is 0.264 e. The van der Waals surface area contributed by atoms with Gasteiger partial charge in [0.25, 0.3) is 10.0 Å². The van der Waals surface area contributed by atoms with Gasteiger partial charge < -0.3 is 10.2 Å². The topological polar surface area (TPSA) is 86.8 Å². The molecule has 1 atom stereocenters. The summed E-state index contributed by atoms with van der Waals surface area (Å²) in [4.78, 5) is 29.6. The summed E-state index contributed by atoms with van der Waals surface area (Å²) < 4.78 is 29.3. The molecule has 1 N–H and O–H groups in total. The van der Waals surface area contributed by atoms with E-state index < -0.39 is 34.4 Å². The van der Waals surface area contributed by atoms with E-state index in [1.807, 2.05) is 44.2 Å². The van der Waals surface area contributed by atoms with Crippen LogP contribution in [0.4, 0.5) is 5.69 Å². The van der Waals surface area contributed by atoms with Crippen LogP contribution in [-0.4, -0.2) is 44.3 Å². The molecule has 242 valence electrons. The number of halogens is 4. The molecule has 4 aromatic rings. The molecule has 0 aliphatic carbocycles. The number of rotatable bonds is 13. The van der Waals surface area contributed by atoms with Crippen molar-refractivity contribution in [3.05, 3.63) is 128 Å². The number of nitrogens with zero attached hydrogens (tertiary/aromatic N) is 2. The fourth-order valence-electron chi connectivity index (χ4n) is 4.78. The Labute approximate surface area is 290 Å². The minimum atomic E-state index is -4.31. The van der Waals surface area contributed by atoms with E-state index in [0.717, 1.165) is 15.4 Å². The molecule has 4 rings (SSSR count). The predicted molar refractivity (Wildman–Crippen MR) is 186 cm³/mol. The highest BCUT2D eigenvalue weighted by Crippen LogP contribution is 2.32. The van der Waals surface area contributed by atoms with Crippen molar-refractivity contribution < 1.29 is 18.0 Å². The zero-order valence-corrected chi connectivity index (χ0v) is 29.1. The third kappa shape index (κ3) is 8.75. The molecule has 0 unspecified atom stereocenters. The summed E-state index contributed by atoms with van der Waals surface area (Å²) in [5.41, 5.74) is 2.20. The molecule has 2 amide bonds. The molecule has 0 aliphatic heterocycles. The Morgan fingerprint density at radius 2 is 1.46 bits per heavy atom. The largest absolute Gasteiger partial charge is 0.354 e. The SMILES string of the molecule is CCCNC(=O)[C@H](Cc1ccccc1)N(Cc1c(Cl)cccc1Cl)C(=O)CN(c1ccc(Cl)c(Cl)c1)S(=O)(=O)c1ccc(C)cc1. The Morgan fingerprint density at radius 3 is 2.07 bits per heavy atom. The molecule has 0 bridgehead atoms. The van der Waals surface area contributed by atoms with Gasteiger partial charge in [-0.1, -0.05) is 107 Å². The maximum atomic E-state index is 14.5. The molecule has 12 heteroatoms. The Bertz CT molecular complexity index is 1770. The number of anilines is 1. The highest BCUT2D eigenvalue weighted by atomic mass is 35.5. The Balaban J connectivity index is 1.85. The fourth-order valence-corrected chi connectivity index (χ4v) is 7.00. The quantitative estimate of drug-likeness (QED) is 0.152. The van der Waals surface area contributed by atoms with Crippen molar-refractivity contribution in [2.75, 3.05) is 17.4 Å². The minimum absolute atomic E-state index is 0.0285. The summed E-state index contributed by atoms with van der Waals surface area (Å²) in [5.74, 6) is -1.06. The van der Waals surface area contributed by atoms with Crippen LogP contribution < -0.4 is 9.62 Å². The first kappa shape index (κ1) is 35.6. The smallest absolute Gasteiger partial charge is 0.264 e. The summed E-state index contributed by atoms with van der Waals surface area (Å²) in [6, 6.07) is 23.7. The minimum Gasteiger partial charge on any atom is -0.354 e. The van der Waals surface area contributed by atoms with E-state index >= 15 is 0 Å². The van der Waals surface area contributed by atoms with Crippen LogP contribution in [0.2, 0.25) is 20.1 Å². The number of aryl methyl sites for hydroxylation is 1. The van der Waals surface area contributed by atoms with Gasteiger partial charge in [-0.2, -0.15) is 0 Å². The second-order valence-electron chi connectivity index (χ2n) is 10.6. The van der Waals surface area contributed by atoms with E-state index in [4.69, 9.17) is 46.4 Å².